The highest BCUT2D eigenvalue weighted by Crippen LogP contribution is 2.25. The lowest BCUT2D eigenvalue weighted by atomic mass is 10.1. The Bertz CT molecular complexity index is 1260. The van der Waals surface area contributed by atoms with E-state index in [1.807, 2.05) is 47.0 Å². The zero-order chi connectivity index (χ0) is 23.2. The fraction of sp³-hybridized carbons (Fsp3) is 0.0833. The molecule has 0 aliphatic rings. The molecule has 0 unspecified atom stereocenters. The Labute approximate surface area is 200 Å². The molecular weight excluding hydrogens is 458 g/mol. The second kappa shape index (κ2) is 10.3. The maximum absolute atomic E-state index is 12.5. The highest BCUT2D eigenvalue weighted by molar-refractivity contribution is 7.99. The number of aromatic nitrogens is 3. The minimum atomic E-state index is -0.517. The number of amides is 2. The van der Waals surface area contributed by atoms with E-state index in [0.717, 1.165) is 17.1 Å². The van der Waals surface area contributed by atoms with Crippen molar-refractivity contribution in [3.63, 3.8) is 0 Å². The first kappa shape index (κ1) is 22.6. The van der Waals surface area contributed by atoms with Crippen LogP contribution in [0, 0.1) is 0 Å². The Kier molecular flexibility index (Phi) is 7.07. The van der Waals surface area contributed by atoms with Crippen LogP contribution < -0.4 is 11.1 Å². The van der Waals surface area contributed by atoms with Crippen LogP contribution in [0.5, 0.6) is 0 Å². The van der Waals surface area contributed by atoms with E-state index in [9.17, 15) is 9.59 Å². The van der Waals surface area contributed by atoms with Crippen molar-refractivity contribution >= 4 is 40.9 Å². The molecule has 0 aliphatic heterocycles. The van der Waals surface area contributed by atoms with Crippen molar-refractivity contribution in [2.24, 2.45) is 5.73 Å². The average Bonchev–Trinajstić information content (AvgIpc) is 3.21. The number of carbonyl (C=O) groups is 2. The van der Waals surface area contributed by atoms with E-state index >= 15 is 0 Å². The van der Waals surface area contributed by atoms with Crippen LogP contribution in [0.2, 0.25) is 5.02 Å². The lowest BCUT2D eigenvalue weighted by molar-refractivity contribution is -0.113. The van der Waals surface area contributed by atoms with Crippen LogP contribution >= 0.6 is 23.4 Å². The van der Waals surface area contributed by atoms with Gasteiger partial charge in [-0.1, -0.05) is 53.7 Å². The first-order valence-corrected chi connectivity index (χ1v) is 11.4. The second-order valence-electron chi connectivity index (χ2n) is 7.15. The van der Waals surface area contributed by atoms with Crippen LogP contribution in [0.4, 0.5) is 5.69 Å². The van der Waals surface area contributed by atoms with Gasteiger partial charge in [0.15, 0.2) is 5.16 Å². The number of carbonyl (C=O) groups excluding carboxylic acids is 2. The molecule has 0 bridgehead atoms. The second-order valence-corrected chi connectivity index (χ2v) is 8.53. The molecule has 0 saturated heterocycles. The minimum absolute atomic E-state index is 0.134. The van der Waals surface area contributed by atoms with Crippen molar-refractivity contribution in [1.29, 1.82) is 0 Å². The number of nitrogens with two attached hydrogens (primary N) is 1. The molecule has 1 aromatic heterocycles. The summed E-state index contributed by atoms with van der Waals surface area (Å²) in [5.41, 5.74) is 8.17. The number of benzene rings is 3. The van der Waals surface area contributed by atoms with Gasteiger partial charge in [0.25, 0.3) is 0 Å². The standard InChI is InChI=1S/C24H20ClN5O2S/c25-18-8-12-20(13-9-18)30-21(14-16-4-2-1-3-5-16)28-29-24(30)33-15-22(31)27-19-10-6-17(7-11-19)23(26)32/h1-13H,14-15H2,(H2,26,32)(H,27,31). The number of thioether (sulfide) groups is 1. The molecule has 0 spiro atoms. The predicted molar refractivity (Wildman–Crippen MR) is 130 cm³/mol. The van der Waals surface area contributed by atoms with Crippen molar-refractivity contribution in [2.45, 2.75) is 11.6 Å². The Morgan fingerprint density at radius 2 is 1.64 bits per heavy atom. The van der Waals surface area contributed by atoms with Crippen molar-refractivity contribution in [1.82, 2.24) is 14.8 Å². The maximum atomic E-state index is 12.5. The van der Waals surface area contributed by atoms with Crippen LogP contribution in [-0.4, -0.2) is 32.3 Å². The van der Waals surface area contributed by atoms with Gasteiger partial charge in [0.1, 0.15) is 5.82 Å². The average molecular weight is 478 g/mol. The van der Waals surface area contributed by atoms with Crippen LogP contribution in [0.25, 0.3) is 5.69 Å². The third-order valence-corrected chi connectivity index (χ3v) is 5.96. The zero-order valence-corrected chi connectivity index (χ0v) is 19.0. The number of hydrogen-bond acceptors (Lipinski definition) is 5. The van der Waals surface area contributed by atoms with Gasteiger partial charge in [0.2, 0.25) is 11.8 Å². The van der Waals surface area contributed by atoms with E-state index in [-0.39, 0.29) is 11.7 Å². The molecule has 33 heavy (non-hydrogen) atoms. The highest BCUT2D eigenvalue weighted by Gasteiger charge is 2.16. The monoisotopic (exact) mass is 477 g/mol. The summed E-state index contributed by atoms with van der Waals surface area (Å²) < 4.78 is 1.93. The van der Waals surface area contributed by atoms with Gasteiger partial charge in [-0.3, -0.25) is 14.2 Å². The number of nitrogens with one attached hydrogen (secondary N) is 1. The van der Waals surface area contributed by atoms with Crippen LogP contribution in [0.3, 0.4) is 0 Å². The number of primary amides is 1. The highest BCUT2D eigenvalue weighted by atomic mass is 35.5. The Hall–Kier alpha value is -3.62. The first-order chi connectivity index (χ1) is 16.0. The van der Waals surface area contributed by atoms with E-state index in [4.69, 9.17) is 17.3 Å². The molecule has 4 rings (SSSR count). The van der Waals surface area contributed by atoms with E-state index in [1.165, 1.54) is 11.8 Å². The van der Waals surface area contributed by atoms with Crippen LogP contribution in [-0.2, 0) is 11.2 Å². The topological polar surface area (TPSA) is 103 Å². The zero-order valence-electron chi connectivity index (χ0n) is 17.4. The van der Waals surface area contributed by atoms with Gasteiger partial charge in [0, 0.05) is 28.4 Å². The summed E-state index contributed by atoms with van der Waals surface area (Å²) in [4.78, 5) is 23.7. The summed E-state index contributed by atoms with van der Waals surface area (Å²) in [6.07, 6.45) is 0.593. The van der Waals surface area contributed by atoms with E-state index in [2.05, 4.69) is 15.5 Å². The molecule has 0 atom stereocenters. The van der Waals surface area contributed by atoms with Gasteiger partial charge in [-0.25, -0.2) is 0 Å². The van der Waals surface area contributed by atoms with Gasteiger partial charge in [-0.2, -0.15) is 0 Å². The van der Waals surface area contributed by atoms with E-state index in [1.54, 1.807) is 36.4 Å². The number of hydrogen-bond donors (Lipinski definition) is 2. The number of rotatable bonds is 8. The van der Waals surface area contributed by atoms with E-state index < -0.39 is 5.91 Å². The van der Waals surface area contributed by atoms with Gasteiger partial charge >= 0.3 is 0 Å². The molecule has 166 valence electrons. The smallest absolute Gasteiger partial charge is 0.248 e. The van der Waals surface area contributed by atoms with E-state index in [0.29, 0.717) is 27.9 Å². The molecule has 0 fully saturated rings. The summed E-state index contributed by atoms with van der Waals surface area (Å²) in [5, 5.41) is 12.8. The van der Waals surface area contributed by atoms with Crippen LogP contribution in [0.1, 0.15) is 21.7 Å². The Balaban J connectivity index is 1.51. The molecule has 0 radical (unpaired) electrons. The summed E-state index contributed by atoms with van der Waals surface area (Å²) in [7, 11) is 0. The van der Waals surface area contributed by atoms with Crippen molar-refractivity contribution < 1.29 is 9.59 Å². The summed E-state index contributed by atoms with van der Waals surface area (Å²) in [5.74, 6) is 0.168. The lowest BCUT2D eigenvalue weighted by Gasteiger charge is -2.11. The number of halogens is 1. The normalized spacial score (nSPS) is 10.7. The molecular formula is C24H20ClN5O2S. The van der Waals surface area contributed by atoms with Gasteiger partial charge in [-0.15, -0.1) is 10.2 Å². The molecule has 0 aliphatic carbocycles. The SMILES string of the molecule is NC(=O)c1ccc(NC(=O)CSc2nnc(Cc3ccccc3)n2-c2ccc(Cl)cc2)cc1. The minimum Gasteiger partial charge on any atom is -0.366 e. The van der Waals surface area contributed by atoms with Crippen LogP contribution in [0.15, 0.2) is 84.0 Å². The quantitative estimate of drug-likeness (QED) is 0.367. The van der Waals surface area contributed by atoms with Crippen molar-refractivity contribution in [3.05, 3.63) is 101 Å². The summed E-state index contributed by atoms with van der Waals surface area (Å²) in [6, 6.07) is 23.8. The molecule has 0 saturated carbocycles. The maximum Gasteiger partial charge on any atom is 0.248 e. The van der Waals surface area contributed by atoms with Gasteiger partial charge in [0.05, 0.1) is 5.75 Å². The lowest BCUT2D eigenvalue weighted by Crippen LogP contribution is -2.15. The van der Waals surface area contributed by atoms with Gasteiger partial charge < -0.3 is 11.1 Å². The fourth-order valence-corrected chi connectivity index (χ4v) is 4.08. The summed E-state index contributed by atoms with van der Waals surface area (Å²) in [6.45, 7) is 0. The molecule has 3 N–H and O–H groups in total. The van der Waals surface area contributed by atoms with Gasteiger partial charge in [-0.05, 0) is 54.1 Å². The molecule has 3 aromatic carbocycles. The Morgan fingerprint density at radius 3 is 2.30 bits per heavy atom. The number of anilines is 1. The third-order valence-electron chi connectivity index (χ3n) is 4.78. The molecule has 2 amide bonds. The molecule has 7 nitrogen and oxygen atoms in total. The predicted octanol–water partition coefficient (Wildman–Crippen LogP) is 4.34. The Morgan fingerprint density at radius 1 is 0.939 bits per heavy atom. The summed E-state index contributed by atoms with van der Waals surface area (Å²) >= 11 is 7.35. The molecule has 9 heteroatoms. The third kappa shape index (κ3) is 5.79. The van der Waals surface area contributed by atoms with Crippen molar-refractivity contribution in [2.75, 3.05) is 11.1 Å². The molecule has 1 heterocycles. The number of nitrogens with zero attached hydrogens (tertiary/aromatic N) is 3. The first-order valence-electron chi connectivity index (χ1n) is 10.1. The van der Waals surface area contributed by atoms with Crippen molar-refractivity contribution in [3.8, 4) is 5.69 Å². The largest absolute Gasteiger partial charge is 0.366 e. The molecule has 4 aromatic rings. The fourth-order valence-electron chi connectivity index (χ4n) is 3.18.